The molecule has 0 aliphatic heterocycles. The van der Waals surface area contributed by atoms with Gasteiger partial charge in [-0.25, -0.2) is 0 Å². The summed E-state index contributed by atoms with van der Waals surface area (Å²) in [6.07, 6.45) is 5.91. The molecular formula is C15H25N3. The van der Waals surface area contributed by atoms with Crippen molar-refractivity contribution in [3.63, 3.8) is 0 Å². The van der Waals surface area contributed by atoms with E-state index in [0.29, 0.717) is 0 Å². The van der Waals surface area contributed by atoms with E-state index in [-0.39, 0.29) is 0 Å². The molecule has 0 aromatic carbocycles. The summed E-state index contributed by atoms with van der Waals surface area (Å²) in [5, 5.41) is 0. The molecule has 0 spiro atoms. The largest absolute Gasteiger partial charge is 0.398 e. The molecule has 2 rings (SSSR count). The third kappa shape index (κ3) is 3.22. The van der Waals surface area contributed by atoms with Gasteiger partial charge in [-0.1, -0.05) is 6.92 Å². The minimum absolute atomic E-state index is 0.905. The summed E-state index contributed by atoms with van der Waals surface area (Å²) in [4.78, 5) is 7.10. The van der Waals surface area contributed by atoms with Crippen LogP contribution < -0.4 is 5.73 Å². The predicted octanol–water partition coefficient (Wildman–Crippen LogP) is 2.90. The van der Waals surface area contributed by atoms with Crippen molar-refractivity contribution in [2.75, 3.05) is 18.8 Å². The fourth-order valence-electron chi connectivity index (χ4n) is 2.38. The van der Waals surface area contributed by atoms with Gasteiger partial charge in [-0.2, -0.15) is 0 Å². The van der Waals surface area contributed by atoms with Crippen LogP contribution >= 0.6 is 0 Å². The lowest BCUT2D eigenvalue weighted by molar-refractivity contribution is 0.252. The van der Waals surface area contributed by atoms with Crippen LogP contribution in [0.4, 0.5) is 5.69 Å². The Bertz CT molecular complexity index is 410. The minimum atomic E-state index is 0.905. The van der Waals surface area contributed by atoms with Crippen LogP contribution in [-0.4, -0.2) is 23.0 Å². The van der Waals surface area contributed by atoms with Crippen molar-refractivity contribution in [3.05, 3.63) is 23.0 Å². The summed E-state index contributed by atoms with van der Waals surface area (Å²) >= 11 is 0. The monoisotopic (exact) mass is 247 g/mol. The maximum atomic E-state index is 6.09. The normalized spacial score (nSPS) is 15.3. The van der Waals surface area contributed by atoms with Gasteiger partial charge in [0.15, 0.2) is 0 Å². The first-order valence-corrected chi connectivity index (χ1v) is 7.04. The summed E-state index contributed by atoms with van der Waals surface area (Å²) in [7, 11) is 0. The van der Waals surface area contributed by atoms with Gasteiger partial charge in [-0.15, -0.1) is 0 Å². The zero-order valence-electron chi connectivity index (χ0n) is 11.9. The van der Waals surface area contributed by atoms with Crippen molar-refractivity contribution in [2.24, 2.45) is 5.92 Å². The molecule has 1 aliphatic carbocycles. The Morgan fingerprint density at radius 1 is 1.39 bits per heavy atom. The van der Waals surface area contributed by atoms with Gasteiger partial charge >= 0.3 is 0 Å². The lowest BCUT2D eigenvalue weighted by Crippen LogP contribution is -2.27. The first-order valence-electron chi connectivity index (χ1n) is 7.04. The Hall–Kier alpha value is -1.09. The van der Waals surface area contributed by atoms with E-state index >= 15 is 0 Å². The standard InChI is InChI=1S/C15H25N3/c1-4-7-18(9-13-5-6-13)10-14-12(3)15(16)11(2)8-17-14/h8,13H,4-7,9-10H2,1-3H3,(H2,16,17). The topological polar surface area (TPSA) is 42.2 Å². The number of hydrogen-bond donors (Lipinski definition) is 1. The predicted molar refractivity (Wildman–Crippen MR) is 76.4 cm³/mol. The maximum absolute atomic E-state index is 6.09. The molecule has 1 aromatic rings. The number of nitrogen functional groups attached to an aromatic ring is 1. The van der Waals surface area contributed by atoms with E-state index in [0.717, 1.165) is 41.5 Å². The highest BCUT2D eigenvalue weighted by Gasteiger charge is 2.24. The summed E-state index contributed by atoms with van der Waals surface area (Å²) in [6.45, 7) is 9.68. The van der Waals surface area contributed by atoms with E-state index in [9.17, 15) is 0 Å². The van der Waals surface area contributed by atoms with Crippen LogP contribution in [0.2, 0.25) is 0 Å². The molecule has 3 nitrogen and oxygen atoms in total. The van der Waals surface area contributed by atoms with Gasteiger partial charge in [0.25, 0.3) is 0 Å². The Kier molecular flexibility index (Phi) is 4.23. The minimum Gasteiger partial charge on any atom is -0.398 e. The Morgan fingerprint density at radius 3 is 2.72 bits per heavy atom. The average molecular weight is 247 g/mol. The summed E-state index contributed by atoms with van der Waals surface area (Å²) in [5.74, 6) is 0.930. The second-order valence-corrected chi connectivity index (χ2v) is 5.61. The number of rotatable bonds is 6. The van der Waals surface area contributed by atoms with Gasteiger partial charge in [-0.3, -0.25) is 9.88 Å². The lowest BCUT2D eigenvalue weighted by atomic mass is 10.1. The molecule has 0 unspecified atom stereocenters. The number of aromatic nitrogens is 1. The molecule has 1 heterocycles. The van der Waals surface area contributed by atoms with Crippen LogP contribution in [0, 0.1) is 19.8 Å². The number of nitrogens with zero attached hydrogens (tertiary/aromatic N) is 2. The van der Waals surface area contributed by atoms with Gasteiger partial charge in [-0.05, 0) is 56.7 Å². The molecular weight excluding hydrogens is 222 g/mol. The van der Waals surface area contributed by atoms with Gasteiger partial charge in [0.1, 0.15) is 0 Å². The summed E-state index contributed by atoms with van der Waals surface area (Å²) in [6, 6.07) is 0. The SMILES string of the molecule is CCCN(Cc1ncc(C)c(N)c1C)CC1CC1. The quantitative estimate of drug-likeness (QED) is 0.840. The van der Waals surface area contributed by atoms with Crippen molar-refractivity contribution in [1.29, 1.82) is 0 Å². The van der Waals surface area contributed by atoms with E-state index in [1.165, 1.54) is 25.8 Å². The molecule has 0 atom stereocenters. The Labute approximate surface area is 110 Å². The van der Waals surface area contributed by atoms with E-state index in [2.05, 4.69) is 23.7 Å². The molecule has 1 fully saturated rings. The van der Waals surface area contributed by atoms with E-state index < -0.39 is 0 Å². The molecule has 0 amide bonds. The van der Waals surface area contributed by atoms with E-state index in [1.54, 1.807) is 0 Å². The van der Waals surface area contributed by atoms with Crippen LogP contribution in [0.1, 0.15) is 43.0 Å². The number of nitrogens with two attached hydrogens (primary N) is 1. The number of pyridine rings is 1. The summed E-state index contributed by atoms with van der Waals surface area (Å²) < 4.78 is 0. The molecule has 0 saturated heterocycles. The smallest absolute Gasteiger partial charge is 0.0593 e. The zero-order chi connectivity index (χ0) is 13.1. The van der Waals surface area contributed by atoms with E-state index in [1.807, 2.05) is 13.1 Å². The molecule has 100 valence electrons. The first-order chi connectivity index (χ1) is 8.61. The number of hydrogen-bond acceptors (Lipinski definition) is 3. The fourth-order valence-corrected chi connectivity index (χ4v) is 2.38. The molecule has 1 aliphatic rings. The third-order valence-electron chi connectivity index (χ3n) is 3.80. The highest BCUT2D eigenvalue weighted by Crippen LogP contribution is 2.30. The zero-order valence-corrected chi connectivity index (χ0v) is 11.9. The van der Waals surface area contributed by atoms with Gasteiger partial charge in [0.2, 0.25) is 0 Å². The molecule has 3 heteroatoms. The van der Waals surface area contributed by atoms with Gasteiger partial charge in [0, 0.05) is 25.0 Å². The van der Waals surface area contributed by atoms with Gasteiger partial charge < -0.3 is 5.73 Å². The Morgan fingerprint density at radius 2 is 2.11 bits per heavy atom. The van der Waals surface area contributed by atoms with E-state index in [4.69, 9.17) is 5.73 Å². The molecule has 2 N–H and O–H groups in total. The Balaban J connectivity index is 2.07. The second-order valence-electron chi connectivity index (χ2n) is 5.61. The highest BCUT2D eigenvalue weighted by atomic mass is 15.1. The van der Waals surface area contributed by atoms with Crippen LogP contribution in [0.25, 0.3) is 0 Å². The average Bonchev–Trinajstić information content (AvgIpc) is 3.14. The van der Waals surface area contributed by atoms with Crippen LogP contribution in [0.3, 0.4) is 0 Å². The maximum Gasteiger partial charge on any atom is 0.0593 e. The highest BCUT2D eigenvalue weighted by molar-refractivity contribution is 5.53. The molecule has 0 bridgehead atoms. The van der Waals surface area contributed by atoms with Crippen molar-refractivity contribution in [2.45, 2.75) is 46.6 Å². The van der Waals surface area contributed by atoms with Crippen LogP contribution in [0.15, 0.2) is 6.20 Å². The van der Waals surface area contributed by atoms with Crippen molar-refractivity contribution in [3.8, 4) is 0 Å². The van der Waals surface area contributed by atoms with Crippen LogP contribution in [0.5, 0.6) is 0 Å². The first kappa shape index (κ1) is 13.3. The molecule has 1 aromatic heterocycles. The molecule has 0 radical (unpaired) electrons. The second kappa shape index (κ2) is 5.70. The lowest BCUT2D eigenvalue weighted by Gasteiger charge is -2.22. The van der Waals surface area contributed by atoms with Crippen molar-refractivity contribution >= 4 is 5.69 Å². The fraction of sp³-hybridized carbons (Fsp3) is 0.667. The van der Waals surface area contributed by atoms with Crippen molar-refractivity contribution < 1.29 is 0 Å². The number of aryl methyl sites for hydroxylation is 1. The van der Waals surface area contributed by atoms with Crippen molar-refractivity contribution in [1.82, 2.24) is 9.88 Å². The molecule has 1 saturated carbocycles. The summed E-state index contributed by atoms with van der Waals surface area (Å²) in [5.41, 5.74) is 10.4. The molecule has 18 heavy (non-hydrogen) atoms. The van der Waals surface area contributed by atoms with Crippen LogP contribution in [-0.2, 0) is 6.54 Å². The third-order valence-corrected chi connectivity index (χ3v) is 3.80. The number of anilines is 1. The van der Waals surface area contributed by atoms with Gasteiger partial charge in [0.05, 0.1) is 5.69 Å².